The SMILES string of the molecule is CN(Cc1ccc(OC(F)(F)F)cc1)C(=O)c1cccnc1SC(F)(F)F. The first-order valence-corrected chi connectivity index (χ1v) is 8.07. The van der Waals surface area contributed by atoms with E-state index in [0.29, 0.717) is 5.56 Å². The molecule has 0 N–H and O–H groups in total. The molecule has 146 valence electrons. The molecule has 1 amide bonds. The number of rotatable bonds is 5. The summed E-state index contributed by atoms with van der Waals surface area (Å²) in [6.45, 7) is -0.0316. The van der Waals surface area contributed by atoms with Crippen molar-refractivity contribution in [2.24, 2.45) is 0 Å². The summed E-state index contributed by atoms with van der Waals surface area (Å²) >= 11 is -0.495. The first kappa shape index (κ1) is 20.9. The molecule has 1 aromatic heterocycles. The average Bonchev–Trinajstić information content (AvgIpc) is 2.53. The number of hydrogen-bond acceptors (Lipinski definition) is 4. The number of alkyl halides is 6. The van der Waals surface area contributed by atoms with Crippen LogP contribution in [0.25, 0.3) is 0 Å². The number of pyridine rings is 1. The van der Waals surface area contributed by atoms with Crippen molar-refractivity contribution in [3.8, 4) is 5.75 Å². The Kier molecular flexibility index (Phi) is 6.24. The Labute approximate surface area is 154 Å². The fourth-order valence-corrected chi connectivity index (χ4v) is 2.69. The molecule has 0 fully saturated rings. The zero-order valence-electron chi connectivity index (χ0n) is 13.6. The van der Waals surface area contributed by atoms with Crippen molar-refractivity contribution in [3.63, 3.8) is 0 Å². The number of thioether (sulfide) groups is 1. The van der Waals surface area contributed by atoms with Crippen molar-refractivity contribution in [2.75, 3.05) is 7.05 Å². The van der Waals surface area contributed by atoms with E-state index in [1.54, 1.807) is 0 Å². The predicted octanol–water partition coefficient (Wildman–Crippen LogP) is 4.86. The maximum atomic E-state index is 12.6. The summed E-state index contributed by atoms with van der Waals surface area (Å²) in [5, 5.41) is -0.476. The van der Waals surface area contributed by atoms with Crippen molar-refractivity contribution in [1.82, 2.24) is 9.88 Å². The summed E-state index contributed by atoms with van der Waals surface area (Å²) in [6.07, 6.45) is -3.68. The molecule has 0 saturated carbocycles. The summed E-state index contributed by atoms with van der Waals surface area (Å²) in [5.41, 5.74) is -4.36. The Morgan fingerprint density at radius 1 is 1.11 bits per heavy atom. The van der Waals surface area contributed by atoms with Crippen LogP contribution in [-0.4, -0.2) is 34.7 Å². The fourth-order valence-electron chi connectivity index (χ4n) is 2.09. The van der Waals surface area contributed by atoms with E-state index in [4.69, 9.17) is 0 Å². The first-order chi connectivity index (χ1) is 12.4. The lowest BCUT2D eigenvalue weighted by Crippen LogP contribution is -2.27. The fraction of sp³-hybridized carbons (Fsp3) is 0.250. The molecule has 2 rings (SSSR count). The quantitative estimate of drug-likeness (QED) is 0.521. The van der Waals surface area contributed by atoms with Crippen LogP contribution in [0.5, 0.6) is 5.75 Å². The van der Waals surface area contributed by atoms with Gasteiger partial charge < -0.3 is 9.64 Å². The number of halogens is 6. The lowest BCUT2D eigenvalue weighted by atomic mass is 10.2. The van der Waals surface area contributed by atoms with E-state index < -0.39 is 40.3 Å². The molecule has 2 aromatic rings. The van der Waals surface area contributed by atoms with Gasteiger partial charge in [-0.25, -0.2) is 4.98 Å². The molecule has 0 saturated heterocycles. The Balaban J connectivity index is 2.10. The van der Waals surface area contributed by atoms with Crippen LogP contribution in [0.15, 0.2) is 47.6 Å². The van der Waals surface area contributed by atoms with Gasteiger partial charge in [-0.15, -0.1) is 13.2 Å². The number of carbonyl (C=O) groups is 1. The van der Waals surface area contributed by atoms with Crippen LogP contribution in [0, 0.1) is 0 Å². The average molecular weight is 410 g/mol. The minimum atomic E-state index is -4.82. The van der Waals surface area contributed by atoms with Crippen molar-refractivity contribution < 1.29 is 35.9 Å². The van der Waals surface area contributed by atoms with Crippen molar-refractivity contribution in [3.05, 3.63) is 53.7 Å². The van der Waals surface area contributed by atoms with Gasteiger partial charge in [0.15, 0.2) is 0 Å². The molecule has 11 heteroatoms. The smallest absolute Gasteiger partial charge is 0.406 e. The number of amides is 1. The molecule has 0 atom stereocenters. The zero-order chi connectivity index (χ0) is 20.2. The Hall–Kier alpha value is -2.43. The molecule has 0 aliphatic rings. The number of carbonyl (C=O) groups excluding carboxylic acids is 1. The van der Waals surface area contributed by atoms with E-state index in [-0.39, 0.29) is 12.1 Å². The van der Waals surface area contributed by atoms with Crippen LogP contribution in [-0.2, 0) is 6.54 Å². The molecule has 0 radical (unpaired) electrons. The Morgan fingerprint density at radius 2 is 1.74 bits per heavy atom. The highest BCUT2D eigenvalue weighted by atomic mass is 32.2. The van der Waals surface area contributed by atoms with Crippen molar-refractivity contribution in [2.45, 2.75) is 23.4 Å². The molecule has 4 nitrogen and oxygen atoms in total. The minimum absolute atomic E-state index is 0.0316. The van der Waals surface area contributed by atoms with E-state index in [1.807, 2.05) is 0 Å². The van der Waals surface area contributed by atoms with Crippen LogP contribution < -0.4 is 4.74 Å². The van der Waals surface area contributed by atoms with Gasteiger partial charge in [0.05, 0.1) is 5.56 Å². The van der Waals surface area contributed by atoms with Crippen molar-refractivity contribution in [1.29, 1.82) is 0 Å². The number of hydrogen-bond donors (Lipinski definition) is 0. The van der Waals surface area contributed by atoms with Gasteiger partial charge in [-0.05, 0) is 29.8 Å². The molecule has 0 aliphatic carbocycles. The second-order valence-electron chi connectivity index (χ2n) is 5.26. The normalized spacial score (nSPS) is 12.0. The van der Waals surface area contributed by atoms with Gasteiger partial charge in [0, 0.05) is 31.6 Å². The van der Waals surface area contributed by atoms with Crippen LogP contribution in [0.3, 0.4) is 0 Å². The van der Waals surface area contributed by atoms with Crippen LogP contribution in [0.4, 0.5) is 26.3 Å². The lowest BCUT2D eigenvalue weighted by molar-refractivity contribution is -0.274. The third-order valence-electron chi connectivity index (χ3n) is 3.14. The molecule has 1 aromatic carbocycles. The molecule has 0 aliphatic heterocycles. The second-order valence-corrected chi connectivity index (χ2v) is 6.31. The molecule has 0 bridgehead atoms. The van der Waals surface area contributed by atoms with Gasteiger partial charge in [-0.1, -0.05) is 12.1 Å². The molecule has 1 heterocycles. The van der Waals surface area contributed by atoms with Crippen LogP contribution in [0.2, 0.25) is 0 Å². The highest BCUT2D eigenvalue weighted by Gasteiger charge is 2.33. The van der Waals surface area contributed by atoms with Gasteiger partial charge in [0.25, 0.3) is 5.91 Å². The molecule has 0 unspecified atom stereocenters. The van der Waals surface area contributed by atoms with Gasteiger partial charge in [-0.2, -0.15) is 13.2 Å². The molecular weight excluding hydrogens is 398 g/mol. The number of aromatic nitrogens is 1. The minimum Gasteiger partial charge on any atom is -0.406 e. The van der Waals surface area contributed by atoms with Crippen molar-refractivity contribution >= 4 is 17.7 Å². The summed E-state index contributed by atoms with van der Waals surface area (Å²) in [7, 11) is 1.36. The van der Waals surface area contributed by atoms with E-state index in [0.717, 1.165) is 23.2 Å². The number of benzene rings is 1. The number of ether oxygens (including phenoxy) is 1. The highest BCUT2D eigenvalue weighted by molar-refractivity contribution is 8.00. The summed E-state index contributed by atoms with van der Waals surface area (Å²) in [6, 6.07) is 7.36. The monoisotopic (exact) mass is 410 g/mol. The van der Waals surface area contributed by atoms with Gasteiger partial charge in [-0.3, -0.25) is 4.79 Å². The number of nitrogens with zero attached hydrogens (tertiary/aromatic N) is 2. The molecule has 0 spiro atoms. The zero-order valence-corrected chi connectivity index (χ0v) is 14.5. The summed E-state index contributed by atoms with van der Waals surface area (Å²) < 4.78 is 77.9. The highest BCUT2D eigenvalue weighted by Crippen LogP contribution is 2.37. The largest absolute Gasteiger partial charge is 0.573 e. The van der Waals surface area contributed by atoms with E-state index in [2.05, 4.69) is 9.72 Å². The second kappa shape index (κ2) is 8.07. The predicted molar refractivity (Wildman–Crippen MR) is 85.1 cm³/mol. The maximum absolute atomic E-state index is 12.6. The maximum Gasteiger partial charge on any atom is 0.573 e. The summed E-state index contributed by atoms with van der Waals surface area (Å²) in [4.78, 5) is 17.2. The van der Waals surface area contributed by atoms with E-state index in [9.17, 15) is 31.1 Å². The standard InChI is InChI=1S/C16H12F6N2O2S/c1-24(9-10-4-6-11(7-5-10)26-15(17,18)19)14(25)12-3-2-8-23-13(12)27-16(20,21)22/h2-8H,9H2,1H3. The third-order valence-corrected chi connectivity index (χ3v) is 3.89. The Morgan fingerprint density at radius 3 is 2.30 bits per heavy atom. The lowest BCUT2D eigenvalue weighted by Gasteiger charge is -2.19. The molecular formula is C16H12F6N2O2S. The van der Waals surface area contributed by atoms with E-state index >= 15 is 0 Å². The van der Waals surface area contributed by atoms with E-state index in [1.165, 1.54) is 31.3 Å². The summed E-state index contributed by atoms with van der Waals surface area (Å²) in [5.74, 6) is -1.12. The van der Waals surface area contributed by atoms with Crippen LogP contribution >= 0.6 is 11.8 Å². The first-order valence-electron chi connectivity index (χ1n) is 7.25. The van der Waals surface area contributed by atoms with Crippen LogP contribution in [0.1, 0.15) is 15.9 Å². The Bertz CT molecular complexity index is 793. The van der Waals surface area contributed by atoms with Gasteiger partial charge in [0.2, 0.25) is 0 Å². The molecule has 27 heavy (non-hydrogen) atoms. The topological polar surface area (TPSA) is 42.4 Å². The third kappa shape index (κ3) is 6.66. The van der Waals surface area contributed by atoms with Gasteiger partial charge >= 0.3 is 11.9 Å². The van der Waals surface area contributed by atoms with Gasteiger partial charge in [0.1, 0.15) is 10.8 Å².